The molecule has 3 N–H and O–H groups in total. The first-order chi connectivity index (χ1) is 9.65. The molecule has 2 heterocycles. The van der Waals surface area contributed by atoms with Gasteiger partial charge in [-0.05, 0) is 18.8 Å². The maximum absolute atomic E-state index is 11.6. The van der Waals surface area contributed by atoms with Gasteiger partial charge in [0.2, 0.25) is 0 Å². The molecule has 1 saturated carbocycles. The van der Waals surface area contributed by atoms with Crippen molar-refractivity contribution in [3.63, 3.8) is 0 Å². The lowest BCUT2D eigenvalue weighted by Gasteiger charge is -2.25. The highest BCUT2D eigenvalue weighted by atomic mass is 32.1. The molecule has 0 bridgehead atoms. The molecule has 1 aromatic heterocycles. The molecule has 1 aliphatic carbocycles. The van der Waals surface area contributed by atoms with Crippen LogP contribution in [-0.2, 0) is 4.74 Å². The van der Waals surface area contributed by atoms with Crippen LogP contribution in [-0.4, -0.2) is 37.2 Å². The van der Waals surface area contributed by atoms with Crippen LogP contribution in [0.2, 0.25) is 0 Å². The van der Waals surface area contributed by atoms with Crippen molar-refractivity contribution in [3.8, 4) is 0 Å². The fraction of sp³-hybridized carbons (Fsp3) is 0.538. The van der Waals surface area contributed by atoms with Crippen LogP contribution in [0.25, 0.3) is 0 Å². The largest absolute Gasteiger partial charge is 0.378 e. The molecule has 2 aliphatic rings. The minimum Gasteiger partial charge on any atom is -0.378 e. The Morgan fingerprint density at radius 1 is 1.45 bits per heavy atom. The molecule has 1 amide bonds. The highest BCUT2D eigenvalue weighted by Gasteiger charge is 2.27. The Balaban J connectivity index is 1.81. The Hall–Kier alpha value is -1.60. The molecule has 0 aromatic carbocycles. The summed E-state index contributed by atoms with van der Waals surface area (Å²) in [5, 5.41) is 3.97. The number of nitrogens with one attached hydrogen (secondary N) is 1. The average molecular weight is 294 g/mol. The van der Waals surface area contributed by atoms with Crippen LogP contribution in [0.4, 0.5) is 10.9 Å². The molecule has 3 rings (SSSR count). The Labute approximate surface area is 121 Å². The quantitative estimate of drug-likeness (QED) is 0.858. The minimum absolute atomic E-state index is 0.451. The highest BCUT2D eigenvalue weighted by molar-refractivity contribution is 7.18. The lowest BCUT2D eigenvalue weighted by molar-refractivity contribution is 0.100. The molecule has 0 unspecified atom stereocenters. The van der Waals surface area contributed by atoms with E-state index in [1.54, 1.807) is 0 Å². The molecule has 20 heavy (non-hydrogen) atoms. The fourth-order valence-corrected chi connectivity index (χ4v) is 3.06. The first-order valence-corrected chi connectivity index (χ1v) is 7.56. The summed E-state index contributed by atoms with van der Waals surface area (Å²) >= 11 is 1.33. The predicted octanol–water partition coefficient (Wildman–Crippen LogP) is 1.41. The maximum atomic E-state index is 11.6. The highest BCUT2D eigenvalue weighted by Crippen LogP contribution is 2.37. The van der Waals surface area contributed by atoms with Crippen LogP contribution in [0.3, 0.4) is 0 Å². The van der Waals surface area contributed by atoms with Gasteiger partial charge in [0.25, 0.3) is 5.91 Å². The fourth-order valence-electron chi connectivity index (χ4n) is 2.14. The van der Waals surface area contributed by atoms with Crippen LogP contribution in [0.15, 0.2) is 12.3 Å². The summed E-state index contributed by atoms with van der Waals surface area (Å²) in [6.45, 7) is 6.94. The Kier molecular flexibility index (Phi) is 3.62. The standard InChI is InChI=1S/C13H18N4O2S/c1-8(9-2-3-9)15-12-10(11(14)18)20-13(16-12)17-4-6-19-7-5-17/h9,15H,1-7H2,(H2,14,18). The Bertz CT molecular complexity index is 532. The van der Waals surface area contributed by atoms with Gasteiger partial charge in [-0.25, -0.2) is 4.98 Å². The smallest absolute Gasteiger partial charge is 0.262 e. The van der Waals surface area contributed by atoms with Crippen LogP contribution in [0.1, 0.15) is 22.5 Å². The summed E-state index contributed by atoms with van der Waals surface area (Å²) in [5.74, 6) is 0.596. The van der Waals surface area contributed by atoms with Gasteiger partial charge in [-0.15, -0.1) is 0 Å². The lowest BCUT2D eigenvalue weighted by Crippen LogP contribution is -2.36. The number of carbonyl (C=O) groups is 1. The van der Waals surface area contributed by atoms with E-state index >= 15 is 0 Å². The number of thiazole rings is 1. The molecule has 1 aromatic rings. The third kappa shape index (κ3) is 2.78. The van der Waals surface area contributed by atoms with Crippen molar-refractivity contribution < 1.29 is 9.53 Å². The molecule has 1 saturated heterocycles. The van der Waals surface area contributed by atoms with Crippen molar-refractivity contribution in [2.75, 3.05) is 36.5 Å². The number of ether oxygens (including phenoxy) is 1. The van der Waals surface area contributed by atoms with Gasteiger partial charge in [0.15, 0.2) is 10.9 Å². The summed E-state index contributed by atoms with van der Waals surface area (Å²) in [4.78, 5) is 18.7. The number of nitrogens with two attached hydrogens (primary N) is 1. The molecule has 6 nitrogen and oxygen atoms in total. The van der Waals surface area contributed by atoms with Crippen molar-refractivity contribution in [2.24, 2.45) is 11.7 Å². The maximum Gasteiger partial charge on any atom is 0.262 e. The van der Waals surface area contributed by atoms with Crippen LogP contribution >= 0.6 is 11.3 Å². The van der Waals surface area contributed by atoms with E-state index in [-0.39, 0.29) is 0 Å². The van der Waals surface area contributed by atoms with Crippen LogP contribution in [0, 0.1) is 5.92 Å². The number of amides is 1. The summed E-state index contributed by atoms with van der Waals surface area (Å²) in [5.41, 5.74) is 6.37. The van der Waals surface area contributed by atoms with E-state index in [9.17, 15) is 4.79 Å². The van der Waals surface area contributed by atoms with Gasteiger partial charge in [0.1, 0.15) is 4.88 Å². The topological polar surface area (TPSA) is 80.5 Å². The molecule has 1 aliphatic heterocycles. The van der Waals surface area contributed by atoms with Gasteiger partial charge in [0.05, 0.1) is 13.2 Å². The Morgan fingerprint density at radius 3 is 2.75 bits per heavy atom. The van der Waals surface area contributed by atoms with Crippen molar-refractivity contribution in [3.05, 3.63) is 17.2 Å². The zero-order chi connectivity index (χ0) is 14.1. The lowest BCUT2D eigenvalue weighted by atomic mass is 10.3. The van der Waals surface area contributed by atoms with Gasteiger partial charge >= 0.3 is 0 Å². The number of hydrogen-bond acceptors (Lipinski definition) is 6. The summed E-state index contributed by atoms with van der Waals surface area (Å²) in [6, 6.07) is 0. The van der Waals surface area contributed by atoms with E-state index in [2.05, 4.69) is 21.8 Å². The van der Waals surface area contributed by atoms with Crippen molar-refractivity contribution in [1.29, 1.82) is 0 Å². The number of primary amides is 1. The molecular formula is C13H18N4O2S. The SMILES string of the molecule is C=C(Nc1nc(N2CCOCC2)sc1C(N)=O)C1CC1. The zero-order valence-corrected chi connectivity index (χ0v) is 12.0. The first kappa shape index (κ1) is 13.4. The summed E-state index contributed by atoms with van der Waals surface area (Å²) in [7, 11) is 0. The molecule has 0 spiro atoms. The molecular weight excluding hydrogens is 276 g/mol. The number of anilines is 2. The van der Waals surface area contributed by atoms with E-state index in [1.807, 2.05) is 0 Å². The van der Waals surface area contributed by atoms with E-state index in [0.29, 0.717) is 29.8 Å². The second-order valence-corrected chi connectivity index (χ2v) is 6.04. The monoisotopic (exact) mass is 294 g/mol. The van der Waals surface area contributed by atoms with Crippen molar-refractivity contribution in [2.45, 2.75) is 12.8 Å². The molecule has 0 atom stereocenters. The minimum atomic E-state index is -0.451. The number of nitrogens with zero attached hydrogens (tertiary/aromatic N) is 2. The average Bonchev–Trinajstić information content (AvgIpc) is 3.21. The second kappa shape index (κ2) is 5.41. The van der Waals surface area contributed by atoms with Crippen LogP contribution in [0.5, 0.6) is 0 Å². The Morgan fingerprint density at radius 2 is 2.15 bits per heavy atom. The van der Waals surface area contributed by atoms with Gasteiger partial charge in [0, 0.05) is 18.8 Å². The number of hydrogen-bond donors (Lipinski definition) is 2. The zero-order valence-electron chi connectivity index (χ0n) is 11.2. The van der Waals surface area contributed by atoms with Crippen LogP contribution < -0.4 is 16.0 Å². The molecule has 0 radical (unpaired) electrons. The number of rotatable bonds is 5. The first-order valence-electron chi connectivity index (χ1n) is 6.74. The number of carbonyl (C=O) groups excluding carboxylic acids is 1. The third-order valence-corrected chi connectivity index (χ3v) is 4.60. The van der Waals surface area contributed by atoms with E-state index in [1.165, 1.54) is 11.3 Å². The van der Waals surface area contributed by atoms with Crippen molar-refractivity contribution in [1.82, 2.24) is 4.98 Å². The molecule has 2 fully saturated rings. The number of allylic oxidation sites excluding steroid dienone is 1. The second-order valence-electron chi connectivity index (χ2n) is 5.06. The summed E-state index contributed by atoms with van der Waals surface area (Å²) in [6.07, 6.45) is 2.30. The van der Waals surface area contributed by atoms with Gasteiger partial charge in [-0.1, -0.05) is 17.9 Å². The van der Waals surface area contributed by atoms with Gasteiger partial charge in [-0.2, -0.15) is 0 Å². The number of aromatic nitrogens is 1. The normalized spacial score (nSPS) is 18.9. The molecule has 7 heteroatoms. The number of morpholine rings is 1. The van der Waals surface area contributed by atoms with Gasteiger partial charge < -0.3 is 20.7 Å². The van der Waals surface area contributed by atoms with E-state index < -0.39 is 5.91 Å². The van der Waals surface area contributed by atoms with Gasteiger partial charge in [-0.3, -0.25) is 4.79 Å². The van der Waals surface area contributed by atoms with E-state index in [4.69, 9.17) is 10.5 Å². The van der Waals surface area contributed by atoms with E-state index in [0.717, 1.165) is 36.8 Å². The van der Waals surface area contributed by atoms with Crippen molar-refractivity contribution >= 4 is 28.2 Å². The molecule has 108 valence electrons. The third-order valence-electron chi connectivity index (χ3n) is 3.47. The summed E-state index contributed by atoms with van der Waals surface area (Å²) < 4.78 is 5.32. The predicted molar refractivity (Wildman–Crippen MR) is 79.2 cm³/mol.